The van der Waals surface area contributed by atoms with Gasteiger partial charge in [-0.3, -0.25) is 0 Å². The van der Waals surface area contributed by atoms with Crippen molar-refractivity contribution in [1.82, 2.24) is 4.90 Å². The SMILES string of the molecule is CCN(C(=O)OCC(C)C)C1(CN)CCCCCC1. The van der Waals surface area contributed by atoms with E-state index in [1.54, 1.807) is 0 Å². The molecular weight excluding hydrogens is 240 g/mol. The molecule has 0 aromatic carbocycles. The van der Waals surface area contributed by atoms with Crippen molar-refractivity contribution in [3.8, 4) is 0 Å². The lowest BCUT2D eigenvalue weighted by molar-refractivity contribution is 0.0412. The molecule has 0 aromatic rings. The third kappa shape index (κ3) is 4.37. The summed E-state index contributed by atoms with van der Waals surface area (Å²) in [7, 11) is 0. The molecule has 4 nitrogen and oxygen atoms in total. The molecule has 0 aliphatic heterocycles. The Bertz CT molecular complexity index is 271. The second-order valence-corrected chi connectivity index (χ2v) is 6.06. The molecule has 1 fully saturated rings. The molecule has 0 spiro atoms. The quantitative estimate of drug-likeness (QED) is 0.781. The highest BCUT2D eigenvalue weighted by Gasteiger charge is 2.38. The van der Waals surface area contributed by atoms with Gasteiger partial charge in [-0.2, -0.15) is 0 Å². The number of hydrogen-bond acceptors (Lipinski definition) is 3. The van der Waals surface area contributed by atoms with Gasteiger partial charge in [0.2, 0.25) is 0 Å². The summed E-state index contributed by atoms with van der Waals surface area (Å²) in [5, 5.41) is 0. The number of hydrogen-bond donors (Lipinski definition) is 1. The van der Waals surface area contributed by atoms with Gasteiger partial charge in [-0.1, -0.05) is 39.5 Å². The first-order valence-electron chi connectivity index (χ1n) is 7.70. The van der Waals surface area contributed by atoms with Crippen molar-refractivity contribution in [2.45, 2.75) is 64.8 Å². The Morgan fingerprint density at radius 2 is 1.84 bits per heavy atom. The van der Waals surface area contributed by atoms with Gasteiger partial charge >= 0.3 is 6.09 Å². The average Bonchev–Trinajstić information content (AvgIpc) is 2.63. The first kappa shape index (κ1) is 16.3. The standard InChI is InChI=1S/C15H30N2O2/c1-4-17(14(18)19-11-13(2)3)15(12-16)9-7-5-6-8-10-15/h13H,4-12,16H2,1-3H3. The van der Waals surface area contributed by atoms with E-state index in [1.807, 2.05) is 25.7 Å². The molecule has 0 bridgehead atoms. The van der Waals surface area contributed by atoms with E-state index in [9.17, 15) is 4.79 Å². The normalized spacial score (nSPS) is 19.0. The van der Waals surface area contributed by atoms with E-state index in [2.05, 4.69) is 0 Å². The summed E-state index contributed by atoms with van der Waals surface area (Å²) >= 11 is 0. The molecule has 0 atom stereocenters. The Morgan fingerprint density at radius 1 is 1.26 bits per heavy atom. The van der Waals surface area contributed by atoms with Crippen LogP contribution >= 0.6 is 0 Å². The molecule has 0 unspecified atom stereocenters. The van der Waals surface area contributed by atoms with Gasteiger partial charge in [0.05, 0.1) is 12.1 Å². The van der Waals surface area contributed by atoms with E-state index in [-0.39, 0.29) is 11.6 Å². The molecule has 2 N–H and O–H groups in total. The number of nitrogens with two attached hydrogens (primary N) is 1. The monoisotopic (exact) mass is 270 g/mol. The fourth-order valence-electron chi connectivity index (χ4n) is 2.94. The summed E-state index contributed by atoms with van der Waals surface area (Å²) in [5.74, 6) is 0.366. The largest absolute Gasteiger partial charge is 0.449 e. The molecule has 0 heterocycles. The zero-order valence-corrected chi connectivity index (χ0v) is 12.8. The van der Waals surface area contributed by atoms with Gasteiger partial charge in [0, 0.05) is 13.1 Å². The minimum Gasteiger partial charge on any atom is -0.449 e. The predicted octanol–water partition coefficient (Wildman–Crippen LogP) is 3.15. The Hall–Kier alpha value is -0.770. The van der Waals surface area contributed by atoms with Crippen LogP contribution in [-0.2, 0) is 4.74 Å². The smallest absolute Gasteiger partial charge is 0.410 e. The molecule has 1 aliphatic carbocycles. The van der Waals surface area contributed by atoms with Crippen LogP contribution in [0.15, 0.2) is 0 Å². The van der Waals surface area contributed by atoms with E-state index in [1.165, 1.54) is 12.8 Å². The second kappa shape index (κ2) is 7.73. The van der Waals surface area contributed by atoms with Crippen LogP contribution in [0.5, 0.6) is 0 Å². The maximum Gasteiger partial charge on any atom is 0.410 e. The molecular formula is C15H30N2O2. The Kier molecular flexibility index (Phi) is 6.63. The second-order valence-electron chi connectivity index (χ2n) is 6.06. The maximum atomic E-state index is 12.3. The molecule has 1 saturated carbocycles. The molecule has 0 aromatic heterocycles. The summed E-state index contributed by atoms with van der Waals surface area (Å²) in [6.45, 7) is 7.81. The average molecular weight is 270 g/mol. The first-order valence-corrected chi connectivity index (χ1v) is 7.70. The van der Waals surface area contributed by atoms with Crippen molar-refractivity contribution >= 4 is 6.09 Å². The van der Waals surface area contributed by atoms with Crippen molar-refractivity contribution in [1.29, 1.82) is 0 Å². The van der Waals surface area contributed by atoms with E-state index in [0.717, 1.165) is 25.7 Å². The summed E-state index contributed by atoms with van der Waals surface area (Å²) < 4.78 is 5.41. The Labute approximate surface area is 117 Å². The summed E-state index contributed by atoms with van der Waals surface area (Å²) in [5.41, 5.74) is 5.85. The zero-order chi connectivity index (χ0) is 14.3. The highest BCUT2D eigenvalue weighted by molar-refractivity contribution is 5.68. The molecule has 1 rings (SSSR count). The van der Waals surface area contributed by atoms with Crippen LogP contribution < -0.4 is 5.73 Å². The van der Waals surface area contributed by atoms with Crippen molar-refractivity contribution in [2.75, 3.05) is 19.7 Å². The van der Waals surface area contributed by atoms with Gasteiger partial charge in [-0.15, -0.1) is 0 Å². The van der Waals surface area contributed by atoms with Crippen molar-refractivity contribution in [3.05, 3.63) is 0 Å². The molecule has 112 valence electrons. The Morgan fingerprint density at radius 3 is 2.26 bits per heavy atom. The highest BCUT2D eigenvalue weighted by Crippen LogP contribution is 2.32. The van der Waals surface area contributed by atoms with Crippen LogP contribution in [0.25, 0.3) is 0 Å². The molecule has 1 aliphatic rings. The topological polar surface area (TPSA) is 55.6 Å². The van der Waals surface area contributed by atoms with Crippen LogP contribution in [0.2, 0.25) is 0 Å². The van der Waals surface area contributed by atoms with E-state index < -0.39 is 0 Å². The van der Waals surface area contributed by atoms with Crippen LogP contribution in [0, 0.1) is 5.92 Å². The summed E-state index contributed by atoms with van der Waals surface area (Å²) in [6, 6.07) is 0. The zero-order valence-electron chi connectivity index (χ0n) is 12.8. The third-order valence-corrected chi connectivity index (χ3v) is 4.06. The molecule has 0 saturated heterocycles. The van der Waals surface area contributed by atoms with Gasteiger partial charge in [0.25, 0.3) is 0 Å². The fourth-order valence-corrected chi connectivity index (χ4v) is 2.94. The van der Waals surface area contributed by atoms with E-state index >= 15 is 0 Å². The van der Waals surface area contributed by atoms with E-state index in [4.69, 9.17) is 10.5 Å². The molecule has 1 amide bonds. The minimum atomic E-state index is -0.191. The van der Waals surface area contributed by atoms with E-state index in [0.29, 0.717) is 25.6 Å². The molecule has 0 radical (unpaired) electrons. The maximum absolute atomic E-state index is 12.3. The van der Waals surface area contributed by atoms with Gasteiger partial charge in [-0.25, -0.2) is 4.79 Å². The number of amides is 1. The number of ether oxygens (including phenoxy) is 1. The lowest BCUT2D eigenvalue weighted by Crippen LogP contribution is -2.56. The Balaban J connectivity index is 2.75. The number of carbonyl (C=O) groups excluding carboxylic acids is 1. The first-order chi connectivity index (χ1) is 9.05. The highest BCUT2D eigenvalue weighted by atomic mass is 16.6. The number of nitrogens with zero attached hydrogens (tertiary/aromatic N) is 1. The minimum absolute atomic E-state index is 0.181. The van der Waals surface area contributed by atoms with Gasteiger partial charge in [0.1, 0.15) is 0 Å². The van der Waals surface area contributed by atoms with Crippen LogP contribution in [0.1, 0.15) is 59.3 Å². The molecule has 4 heteroatoms. The summed E-state index contributed by atoms with van der Waals surface area (Å²) in [6.07, 6.45) is 6.64. The van der Waals surface area contributed by atoms with Crippen molar-refractivity contribution in [2.24, 2.45) is 11.7 Å². The predicted molar refractivity (Wildman–Crippen MR) is 78.1 cm³/mol. The number of carbonyl (C=O) groups is 1. The van der Waals surface area contributed by atoms with Gasteiger partial charge in [-0.05, 0) is 25.7 Å². The van der Waals surface area contributed by atoms with Gasteiger partial charge < -0.3 is 15.4 Å². The lowest BCUT2D eigenvalue weighted by atomic mass is 9.88. The summed E-state index contributed by atoms with van der Waals surface area (Å²) in [4.78, 5) is 14.2. The lowest BCUT2D eigenvalue weighted by Gasteiger charge is -2.42. The van der Waals surface area contributed by atoms with Crippen LogP contribution in [-0.4, -0.2) is 36.2 Å². The van der Waals surface area contributed by atoms with Crippen molar-refractivity contribution < 1.29 is 9.53 Å². The van der Waals surface area contributed by atoms with Crippen LogP contribution in [0.4, 0.5) is 4.79 Å². The third-order valence-electron chi connectivity index (χ3n) is 4.06. The van der Waals surface area contributed by atoms with Crippen molar-refractivity contribution in [3.63, 3.8) is 0 Å². The molecule has 19 heavy (non-hydrogen) atoms. The van der Waals surface area contributed by atoms with Gasteiger partial charge in [0.15, 0.2) is 0 Å². The number of rotatable bonds is 5. The van der Waals surface area contributed by atoms with Crippen LogP contribution in [0.3, 0.4) is 0 Å². The number of likely N-dealkylation sites (N-methyl/N-ethyl adjacent to an activating group) is 1. The fraction of sp³-hybridized carbons (Fsp3) is 0.933.